The number of amides is 4. The summed E-state index contributed by atoms with van der Waals surface area (Å²) in [7, 11) is 0. The number of furan rings is 1. The van der Waals surface area contributed by atoms with Gasteiger partial charge in [-0.25, -0.2) is 0 Å². The molecule has 7 fully saturated rings. The molecule has 3 saturated heterocycles. The van der Waals surface area contributed by atoms with Gasteiger partial charge in [-0.2, -0.15) is 0 Å². The second kappa shape index (κ2) is 16.6. The number of carbonyl (C=O) groups is 4. The van der Waals surface area contributed by atoms with Gasteiger partial charge in [0.15, 0.2) is 0 Å². The minimum Gasteiger partial charge on any atom is -0.445 e. The first-order valence-electron chi connectivity index (χ1n) is 23.4. The molecule has 8 rings (SSSR count). The zero-order valence-electron chi connectivity index (χ0n) is 36.4. The van der Waals surface area contributed by atoms with E-state index in [1.165, 1.54) is 36.7 Å². The second-order valence-corrected chi connectivity index (χ2v) is 20.8. The van der Waals surface area contributed by atoms with Gasteiger partial charge in [0.2, 0.25) is 29.5 Å². The topological polar surface area (TPSA) is 135 Å². The molecule has 4 aliphatic carbocycles. The third-order valence-corrected chi connectivity index (χ3v) is 18.1. The summed E-state index contributed by atoms with van der Waals surface area (Å²) in [5, 5.41) is 22.7. The molecule has 11 nitrogen and oxygen atoms in total. The highest BCUT2D eigenvalue weighted by molar-refractivity contribution is 5.98. The molecule has 11 heteroatoms. The Morgan fingerprint density at radius 2 is 1.56 bits per heavy atom. The van der Waals surface area contributed by atoms with Crippen LogP contribution in [-0.4, -0.2) is 107 Å². The number of aliphatic hydroxyl groups excluding tert-OH is 2. The van der Waals surface area contributed by atoms with Crippen molar-refractivity contribution >= 4 is 29.5 Å². The number of rotatable bonds is 10. The predicted molar refractivity (Wildman–Crippen MR) is 226 cm³/mol. The van der Waals surface area contributed by atoms with Crippen molar-refractivity contribution in [3.8, 4) is 0 Å². The smallest absolute Gasteiger partial charge is 0.248 e. The van der Waals surface area contributed by atoms with Gasteiger partial charge in [0.1, 0.15) is 12.3 Å². The first-order valence-corrected chi connectivity index (χ1v) is 23.4. The van der Waals surface area contributed by atoms with Crippen LogP contribution in [0.15, 0.2) is 29.2 Å². The Kier molecular flexibility index (Phi) is 12.0. The first-order chi connectivity index (χ1) is 28.2. The normalized spacial score (nSPS) is 37.2. The minimum atomic E-state index is -0.276. The van der Waals surface area contributed by atoms with Crippen molar-refractivity contribution in [1.29, 1.82) is 0 Å². The van der Waals surface area contributed by atoms with Crippen LogP contribution in [0.25, 0.3) is 0 Å². The summed E-state index contributed by atoms with van der Waals surface area (Å²) in [6, 6.07) is 3.59. The number of aryl methyl sites for hydroxylation is 1. The number of piperidine rings is 1. The van der Waals surface area contributed by atoms with Gasteiger partial charge >= 0.3 is 0 Å². The Bertz CT molecular complexity index is 1750. The molecular weight excluding hydrogens is 745 g/mol. The first kappa shape index (κ1) is 42.5. The van der Waals surface area contributed by atoms with Crippen LogP contribution in [0.3, 0.4) is 0 Å². The maximum atomic E-state index is 13.7. The maximum Gasteiger partial charge on any atom is 0.248 e. The van der Waals surface area contributed by atoms with Crippen LogP contribution in [-0.2, 0) is 25.6 Å². The van der Waals surface area contributed by atoms with Crippen LogP contribution in [0.5, 0.6) is 0 Å². The highest BCUT2D eigenvalue weighted by Crippen LogP contribution is 2.69. The largest absolute Gasteiger partial charge is 0.445 e. The minimum absolute atomic E-state index is 0.0105. The zero-order chi connectivity index (χ0) is 41.9. The number of carbonyl (C=O) groups excluding carboxylic acids is 4. The predicted octanol–water partition coefficient (Wildman–Crippen LogP) is 6.46. The van der Waals surface area contributed by atoms with Gasteiger partial charge < -0.3 is 29.3 Å². The van der Waals surface area contributed by atoms with Crippen LogP contribution in [0.4, 0.5) is 5.88 Å². The third kappa shape index (κ3) is 7.71. The molecule has 326 valence electrons. The van der Waals surface area contributed by atoms with E-state index in [0.717, 1.165) is 77.5 Å². The number of aliphatic hydroxyl groups is 2. The van der Waals surface area contributed by atoms with Crippen LogP contribution in [0.2, 0.25) is 0 Å². The number of likely N-dealkylation sites (tertiary alicyclic amines) is 2. The van der Waals surface area contributed by atoms with E-state index in [-0.39, 0.29) is 64.5 Å². The number of hydrogen-bond acceptors (Lipinski definition) is 7. The van der Waals surface area contributed by atoms with Gasteiger partial charge in [-0.3, -0.25) is 24.1 Å². The van der Waals surface area contributed by atoms with Crippen molar-refractivity contribution in [2.75, 3.05) is 50.7 Å². The lowest BCUT2D eigenvalue weighted by Gasteiger charge is -2.64. The van der Waals surface area contributed by atoms with E-state index in [2.05, 4.69) is 39.2 Å². The monoisotopic (exact) mass is 817 g/mol. The Morgan fingerprint density at radius 3 is 2.27 bits per heavy atom. The Hall–Kier alpha value is -3.18. The SMILES string of the molecule is C=CC(=O)N1CCN(c2ccc(CCC(=O)N3CCC4(CCN(C(=O)CC[C@@H](C)[C@H]5CC[C@H]6[C@@H]7[C@H](O)C(CC)C8C[C@H](O)CC[C@]8(C)[C@H]7CC[C@]56C)CC4)C3)o2)C(=O)C1. The lowest BCUT2D eigenvalue weighted by atomic mass is 9.41. The number of hydrogen-bond donors (Lipinski definition) is 2. The van der Waals surface area contributed by atoms with Crippen LogP contribution < -0.4 is 4.90 Å². The van der Waals surface area contributed by atoms with E-state index in [1.807, 2.05) is 11.0 Å². The molecule has 0 radical (unpaired) electrons. The standard InChI is InChI=1S/C48H72N4O7/c1-6-34-38-28-32(53)16-18-47(38,5)37-17-19-46(4)35(11-12-36(46)44(37)45(34)58)31(3)8-13-40(55)49-23-20-48(21-24-49)22-25-51(30-48)41(56)14-9-33-10-15-43(59-33)52-27-26-50(29-42(52)57)39(54)7-2/h7,10,15,31-32,34-38,44-45,53,58H,2,6,8-9,11-14,16-30H2,1,3-5H3/t31-,32-,34?,35-,36+,37+,38?,44+,45-,46-,47-/m1/s1. The van der Waals surface area contributed by atoms with Crippen LogP contribution in [0.1, 0.15) is 123 Å². The summed E-state index contributed by atoms with van der Waals surface area (Å²) in [6.07, 6.45) is 14.5. The number of anilines is 1. The number of nitrogens with zero attached hydrogens (tertiary/aromatic N) is 4. The molecule has 0 bridgehead atoms. The third-order valence-electron chi connectivity index (χ3n) is 18.1. The van der Waals surface area contributed by atoms with Gasteiger partial charge in [-0.15, -0.1) is 0 Å². The quantitative estimate of drug-likeness (QED) is 0.259. The molecule has 1 spiro atoms. The Labute approximate surface area is 352 Å². The van der Waals surface area contributed by atoms with Crippen LogP contribution in [0, 0.1) is 57.7 Å². The van der Waals surface area contributed by atoms with Gasteiger partial charge in [-0.05, 0) is 140 Å². The van der Waals surface area contributed by atoms with Crippen molar-refractivity contribution in [1.82, 2.24) is 14.7 Å². The van der Waals surface area contributed by atoms with E-state index in [1.54, 1.807) is 11.0 Å². The highest BCUT2D eigenvalue weighted by Gasteiger charge is 2.65. The molecule has 4 heterocycles. The van der Waals surface area contributed by atoms with Gasteiger partial charge in [0.05, 0.1) is 12.2 Å². The highest BCUT2D eigenvalue weighted by atomic mass is 16.4. The summed E-state index contributed by atoms with van der Waals surface area (Å²) in [5.41, 5.74) is 0.495. The van der Waals surface area contributed by atoms with Crippen molar-refractivity contribution < 1.29 is 33.8 Å². The van der Waals surface area contributed by atoms with Crippen molar-refractivity contribution in [2.45, 2.75) is 136 Å². The fourth-order valence-electron chi connectivity index (χ4n) is 14.7. The van der Waals surface area contributed by atoms with Gasteiger partial charge in [0.25, 0.3) is 0 Å². The molecular formula is C48H72N4O7. The average Bonchev–Trinajstić information content (AvgIpc) is 3.97. The molecule has 2 N–H and O–H groups in total. The molecule has 11 atom stereocenters. The summed E-state index contributed by atoms with van der Waals surface area (Å²) in [6.45, 7) is 17.0. The van der Waals surface area contributed by atoms with Crippen molar-refractivity contribution in [3.05, 3.63) is 30.5 Å². The lowest BCUT2D eigenvalue weighted by Crippen LogP contribution is -2.62. The van der Waals surface area contributed by atoms with E-state index in [0.29, 0.717) is 79.5 Å². The van der Waals surface area contributed by atoms with E-state index in [4.69, 9.17) is 4.42 Å². The molecule has 3 aliphatic heterocycles. The molecule has 2 unspecified atom stereocenters. The van der Waals surface area contributed by atoms with Crippen LogP contribution >= 0.6 is 0 Å². The second-order valence-electron chi connectivity index (χ2n) is 20.8. The molecule has 4 saturated carbocycles. The fraction of sp³-hybridized carbons (Fsp3) is 0.792. The van der Waals surface area contributed by atoms with E-state index >= 15 is 0 Å². The van der Waals surface area contributed by atoms with E-state index < -0.39 is 0 Å². The summed E-state index contributed by atoms with van der Waals surface area (Å²) >= 11 is 0. The number of fused-ring (bicyclic) bond motifs is 5. The zero-order valence-corrected chi connectivity index (χ0v) is 36.4. The van der Waals surface area contributed by atoms with Crippen molar-refractivity contribution in [3.63, 3.8) is 0 Å². The van der Waals surface area contributed by atoms with Gasteiger partial charge in [-0.1, -0.05) is 40.7 Å². The maximum absolute atomic E-state index is 13.7. The molecule has 1 aromatic rings. The number of piperazine rings is 1. The molecule has 4 amide bonds. The fourth-order valence-corrected chi connectivity index (χ4v) is 14.7. The lowest BCUT2D eigenvalue weighted by molar-refractivity contribution is -0.203. The Balaban J connectivity index is 0.784. The summed E-state index contributed by atoms with van der Waals surface area (Å²) in [4.78, 5) is 58.8. The summed E-state index contributed by atoms with van der Waals surface area (Å²) in [5.74, 6) is 4.21. The average molecular weight is 817 g/mol. The summed E-state index contributed by atoms with van der Waals surface area (Å²) < 4.78 is 5.97. The van der Waals surface area contributed by atoms with Gasteiger partial charge in [0, 0.05) is 64.6 Å². The molecule has 59 heavy (non-hydrogen) atoms. The molecule has 0 aromatic carbocycles. The molecule has 7 aliphatic rings. The van der Waals surface area contributed by atoms with E-state index in [9.17, 15) is 29.4 Å². The van der Waals surface area contributed by atoms with Crippen molar-refractivity contribution in [2.24, 2.45) is 57.7 Å². The molecule has 1 aromatic heterocycles. The Morgan fingerprint density at radius 1 is 0.864 bits per heavy atom.